The van der Waals surface area contributed by atoms with Gasteiger partial charge in [0.1, 0.15) is 5.78 Å². The minimum Gasteiger partial charge on any atom is -0.299 e. The van der Waals surface area contributed by atoms with Gasteiger partial charge in [0.25, 0.3) is 0 Å². The molecule has 0 radical (unpaired) electrons. The van der Waals surface area contributed by atoms with Crippen molar-refractivity contribution < 1.29 is 4.79 Å². The number of benzene rings is 3. The van der Waals surface area contributed by atoms with Crippen LogP contribution in [0.5, 0.6) is 0 Å². The Balaban J connectivity index is 1.14. The molecule has 3 aromatic rings. The molecule has 2 saturated carbocycles. The summed E-state index contributed by atoms with van der Waals surface area (Å²) in [7, 11) is 0. The molecule has 1 heteroatoms. The van der Waals surface area contributed by atoms with Crippen molar-refractivity contribution in [2.45, 2.75) is 95.8 Å². The number of carbonyl (C=O) groups is 1. The van der Waals surface area contributed by atoms with Crippen molar-refractivity contribution in [1.29, 1.82) is 0 Å². The summed E-state index contributed by atoms with van der Waals surface area (Å²) in [4.78, 5) is 14.0. The van der Waals surface area contributed by atoms with Crippen LogP contribution < -0.4 is 0 Å². The third-order valence-electron chi connectivity index (χ3n) is 11.0. The van der Waals surface area contributed by atoms with E-state index in [-0.39, 0.29) is 5.92 Å². The van der Waals surface area contributed by atoms with Gasteiger partial charge in [0.15, 0.2) is 0 Å². The fourth-order valence-corrected chi connectivity index (χ4v) is 8.34. The van der Waals surface area contributed by atoms with E-state index < -0.39 is 0 Å². The zero-order valence-electron chi connectivity index (χ0n) is 27.7. The Kier molecular flexibility index (Phi) is 10.5. The molecule has 1 nitrogen and oxygen atoms in total. The zero-order valence-corrected chi connectivity index (χ0v) is 27.7. The van der Waals surface area contributed by atoms with Gasteiger partial charge in [0, 0.05) is 17.9 Å². The van der Waals surface area contributed by atoms with E-state index in [1.165, 1.54) is 64.6 Å². The topological polar surface area (TPSA) is 17.1 Å². The molecule has 0 saturated heterocycles. The lowest BCUT2D eigenvalue weighted by Crippen LogP contribution is -2.27. The number of terminal acetylenes is 1. The molecule has 3 aromatic carbocycles. The quantitative estimate of drug-likeness (QED) is 0.127. The van der Waals surface area contributed by atoms with Gasteiger partial charge in [-0.1, -0.05) is 110 Å². The second-order valence-corrected chi connectivity index (χ2v) is 14.3. The molecular formula is C45H50O. The number of Topliss-reactive ketones (excluding diaryl/α,β-unsaturated/α-hetero) is 1. The highest BCUT2D eigenvalue weighted by Crippen LogP contribution is 2.42. The van der Waals surface area contributed by atoms with Crippen LogP contribution in [0.15, 0.2) is 103 Å². The van der Waals surface area contributed by atoms with Crippen LogP contribution in [0, 0.1) is 30.1 Å². The maximum Gasteiger partial charge on any atom is 0.140 e. The minimum absolute atomic E-state index is 0.0303. The SMILES string of the molecule is C#Cc1ccc(CC2CCC(C(C(=O)CCc3ccccc3)c3ccc(C4=CC(C)C=C4)cc3)CC2)cc1C1CCCC(=C)CC1. The number of ketones is 1. The predicted molar refractivity (Wildman–Crippen MR) is 194 cm³/mol. The minimum atomic E-state index is -0.0303. The van der Waals surface area contributed by atoms with Gasteiger partial charge in [-0.25, -0.2) is 0 Å². The van der Waals surface area contributed by atoms with Crippen molar-refractivity contribution in [3.05, 3.63) is 137 Å². The van der Waals surface area contributed by atoms with Crippen molar-refractivity contribution in [2.75, 3.05) is 0 Å². The molecular weight excluding hydrogens is 556 g/mol. The average molecular weight is 607 g/mol. The Hall–Kier alpha value is -3.89. The van der Waals surface area contributed by atoms with E-state index >= 15 is 0 Å². The Morgan fingerprint density at radius 3 is 2.41 bits per heavy atom. The maximum absolute atomic E-state index is 14.0. The molecule has 6 rings (SSSR count). The van der Waals surface area contributed by atoms with Crippen LogP contribution in [0.25, 0.3) is 5.57 Å². The summed E-state index contributed by atoms with van der Waals surface area (Å²) in [6, 6.07) is 26.3. The van der Waals surface area contributed by atoms with Crippen LogP contribution in [0.3, 0.4) is 0 Å². The Labute approximate surface area is 277 Å². The summed E-state index contributed by atoms with van der Waals surface area (Å²) >= 11 is 0. The monoisotopic (exact) mass is 606 g/mol. The second kappa shape index (κ2) is 15.1. The molecule has 236 valence electrons. The molecule has 0 heterocycles. The zero-order chi connectivity index (χ0) is 31.9. The molecule has 2 fully saturated rings. The van der Waals surface area contributed by atoms with E-state index in [1.807, 2.05) is 6.07 Å². The molecule has 3 unspecified atom stereocenters. The van der Waals surface area contributed by atoms with Crippen LogP contribution in [-0.4, -0.2) is 5.78 Å². The van der Waals surface area contributed by atoms with Crippen molar-refractivity contribution in [3.8, 4) is 12.3 Å². The van der Waals surface area contributed by atoms with Crippen molar-refractivity contribution in [3.63, 3.8) is 0 Å². The van der Waals surface area contributed by atoms with Crippen LogP contribution in [-0.2, 0) is 17.6 Å². The molecule has 0 N–H and O–H groups in total. The molecule has 3 aliphatic rings. The van der Waals surface area contributed by atoms with Gasteiger partial charge < -0.3 is 0 Å². The molecule has 0 aromatic heterocycles. The van der Waals surface area contributed by atoms with E-state index in [0.29, 0.717) is 35.9 Å². The van der Waals surface area contributed by atoms with Gasteiger partial charge in [-0.2, -0.15) is 0 Å². The highest BCUT2D eigenvalue weighted by atomic mass is 16.1. The van der Waals surface area contributed by atoms with Crippen molar-refractivity contribution in [2.24, 2.45) is 17.8 Å². The molecule has 0 spiro atoms. The standard InChI is InChI=1S/C45H50O/c1-4-37-21-17-36(31-43(37)39-12-8-9-32(2)13-19-39)30-35-15-22-40(23-16-35)45(44(46)28-18-34-10-6-5-7-11-34)41-26-24-38(25-27-41)42-20-14-33(3)29-42/h1,5-7,10-11,14,17,20-21,24-27,29,31,33,35,39-40,45H,2,8-9,12-13,15-16,18-19,22-23,28,30H2,3H3. The average Bonchev–Trinajstić information content (AvgIpc) is 3.41. The maximum atomic E-state index is 14.0. The number of aryl methyl sites for hydroxylation is 1. The summed E-state index contributed by atoms with van der Waals surface area (Å²) in [5.74, 6) is 5.42. The van der Waals surface area contributed by atoms with Crippen LogP contribution >= 0.6 is 0 Å². The highest BCUT2D eigenvalue weighted by Gasteiger charge is 2.33. The summed E-state index contributed by atoms with van der Waals surface area (Å²) < 4.78 is 0. The Bertz CT molecular complexity index is 1600. The van der Waals surface area contributed by atoms with Crippen LogP contribution in [0.1, 0.15) is 116 Å². The first-order chi connectivity index (χ1) is 22.5. The van der Waals surface area contributed by atoms with Crippen molar-refractivity contribution in [1.82, 2.24) is 0 Å². The summed E-state index contributed by atoms with van der Waals surface area (Å²) in [5, 5.41) is 0. The lowest BCUT2D eigenvalue weighted by molar-refractivity contribution is -0.122. The number of allylic oxidation sites excluding steroid dienone is 5. The number of rotatable bonds is 10. The lowest BCUT2D eigenvalue weighted by Gasteiger charge is -2.34. The van der Waals surface area contributed by atoms with Gasteiger partial charge in [0.2, 0.25) is 0 Å². The fraction of sp³-hybridized carbons (Fsp3) is 0.400. The lowest BCUT2D eigenvalue weighted by atomic mass is 9.70. The third kappa shape index (κ3) is 7.90. The van der Waals surface area contributed by atoms with Gasteiger partial charge in [0.05, 0.1) is 0 Å². The molecule has 0 amide bonds. The van der Waals surface area contributed by atoms with Crippen LogP contribution in [0.4, 0.5) is 0 Å². The van der Waals surface area contributed by atoms with E-state index in [0.717, 1.165) is 50.5 Å². The van der Waals surface area contributed by atoms with Gasteiger partial charge in [-0.15, -0.1) is 6.42 Å². The van der Waals surface area contributed by atoms with Gasteiger partial charge in [-0.3, -0.25) is 4.79 Å². The van der Waals surface area contributed by atoms with E-state index in [4.69, 9.17) is 6.42 Å². The molecule has 3 aliphatic carbocycles. The van der Waals surface area contributed by atoms with Crippen molar-refractivity contribution >= 4 is 11.4 Å². The Morgan fingerprint density at radius 2 is 1.70 bits per heavy atom. The molecule has 46 heavy (non-hydrogen) atoms. The van der Waals surface area contributed by atoms with E-state index in [2.05, 4.69) is 104 Å². The third-order valence-corrected chi connectivity index (χ3v) is 11.0. The smallest absolute Gasteiger partial charge is 0.140 e. The summed E-state index contributed by atoms with van der Waals surface area (Å²) in [5.41, 5.74) is 10.2. The fourth-order valence-electron chi connectivity index (χ4n) is 8.34. The van der Waals surface area contributed by atoms with Crippen LogP contribution in [0.2, 0.25) is 0 Å². The Morgan fingerprint density at radius 1 is 0.913 bits per heavy atom. The normalized spacial score (nSPS) is 23.7. The number of carbonyl (C=O) groups excluding carboxylic acids is 1. The summed E-state index contributed by atoms with van der Waals surface area (Å²) in [6.45, 7) is 6.49. The first-order valence-corrected chi connectivity index (χ1v) is 17.8. The first kappa shape index (κ1) is 32.1. The largest absolute Gasteiger partial charge is 0.299 e. The summed E-state index contributed by atoms with van der Waals surface area (Å²) in [6.07, 6.45) is 25.7. The second-order valence-electron chi connectivity index (χ2n) is 14.3. The molecule has 3 atom stereocenters. The highest BCUT2D eigenvalue weighted by molar-refractivity contribution is 5.86. The van der Waals surface area contributed by atoms with Gasteiger partial charge >= 0.3 is 0 Å². The van der Waals surface area contributed by atoms with E-state index in [9.17, 15) is 4.79 Å². The molecule has 0 aliphatic heterocycles. The number of hydrogen-bond acceptors (Lipinski definition) is 1. The first-order valence-electron chi connectivity index (χ1n) is 17.8. The molecule has 0 bridgehead atoms. The number of hydrogen-bond donors (Lipinski definition) is 0. The van der Waals surface area contributed by atoms with E-state index in [1.54, 1.807) is 0 Å². The van der Waals surface area contributed by atoms with Gasteiger partial charge in [-0.05, 0) is 134 Å². The predicted octanol–water partition coefficient (Wildman–Crippen LogP) is 11.2.